The van der Waals surface area contributed by atoms with Gasteiger partial charge in [-0.2, -0.15) is 10.1 Å². The number of esters is 1. The zero-order chi connectivity index (χ0) is 14.8. The maximum Gasteiger partial charge on any atom is 0.338 e. The molecule has 21 heavy (non-hydrogen) atoms. The van der Waals surface area contributed by atoms with Gasteiger partial charge in [-0.3, -0.25) is 0 Å². The molecule has 7 heteroatoms. The van der Waals surface area contributed by atoms with Crippen molar-refractivity contribution in [1.29, 1.82) is 0 Å². The average molecular weight is 305 g/mol. The van der Waals surface area contributed by atoms with Crippen LogP contribution < -0.4 is 5.32 Å². The maximum absolute atomic E-state index is 12.2. The van der Waals surface area contributed by atoms with E-state index in [-0.39, 0.29) is 12.0 Å². The number of rotatable bonds is 3. The van der Waals surface area contributed by atoms with Gasteiger partial charge >= 0.3 is 5.97 Å². The number of benzene rings is 1. The predicted octanol–water partition coefficient (Wildman–Crippen LogP) is 2.39. The fraction of sp³-hybridized carbons (Fsp3) is 0.214. The molecule has 1 atom stereocenters. The molecule has 0 saturated heterocycles. The first kappa shape index (κ1) is 13.6. The van der Waals surface area contributed by atoms with Crippen LogP contribution in [0.1, 0.15) is 18.5 Å². The molecule has 0 amide bonds. The third-order valence-corrected chi connectivity index (χ3v) is 3.42. The molecule has 1 aliphatic rings. The first-order chi connectivity index (χ1) is 10.2. The van der Waals surface area contributed by atoms with Crippen LogP contribution in [0.2, 0.25) is 5.02 Å². The van der Waals surface area contributed by atoms with Crippen LogP contribution in [0, 0.1) is 0 Å². The maximum atomic E-state index is 12.2. The van der Waals surface area contributed by atoms with Crippen molar-refractivity contribution in [2.24, 2.45) is 0 Å². The third kappa shape index (κ3) is 2.50. The minimum absolute atomic E-state index is 0.313. The minimum Gasteiger partial charge on any atom is -0.463 e. The lowest BCUT2D eigenvalue weighted by atomic mass is 9.98. The number of carbonyl (C=O) groups excluding carboxylic acids is 1. The molecule has 0 fully saturated rings. The Bertz CT molecular complexity index is 693. The van der Waals surface area contributed by atoms with Crippen LogP contribution in [0.5, 0.6) is 0 Å². The summed E-state index contributed by atoms with van der Waals surface area (Å²) in [6.07, 6.45) is 3.05. The molecule has 108 valence electrons. The molecule has 1 aromatic carbocycles. The largest absolute Gasteiger partial charge is 0.463 e. The zero-order valence-corrected chi connectivity index (χ0v) is 12.0. The fourth-order valence-electron chi connectivity index (χ4n) is 2.25. The van der Waals surface area contributed by atoms with Crippen LogP contribution in [-0.2, 0) is 9.53 Å². The Hall–Kier alpha value is -2.34. The van der Waals surface area contributed by atoms with E-state index in [0.29, 0.717) is 23.2 Å². The van der Waals surface area contributed by atoms with Crippen molar-refractivity contribution >= 4 is 23.5 Å². The second kappa shape index (κ2) is 5.57. The highest BCUT2D eigenvalue weighted by molar-refractivity contribution is 6.30. The van der Waals surface area contributed by atoms with Gasteiger partial charge in [-0.1, -0.05) is 23.7 Å². The van der Waals surface area contributed by atoms with E-state index in [9.17, 15) is 4.79 Å². The zero-order valence-electron chi connectivity index (χ0n) is 11.3. The number of nitrogens with zero attached hydrogens (tertiary/aromatic N) is 3. The normalized spacial score (nSPS) is 16.7. The number of nitrogens with one attached hydrogen (secondary N) is 1. The molecular formula is C14H13ClN4O2. The van der Waals surface area contributed by atoms with E-state index in [1.807, 2.05) is 12.1 Å². The molecule has 2 heterocycles. The summed E-state index contributed by atoms with van der Waals surface area (Å²) in [5, 5.41) is 7.77. The molecule has 0 spiro atoms. The number of anilines is 1. The highest BCUT2D eigenvalue weighted by Gasteiger charge is 2.31. The number of hydrogen-bond acceptors (Lipinski definition) is 5. The van der Waals surface area contributed by atoms with Crippen LogP contribution in [0.3, 0.4) is 0 Å². The topological polar surface area (TPSA) is 69.0 Å². The number of carbonyl (C=O) groups is 1. The molecule has 1 N–H and O–H groups in total. The monoisotopic (exact) mass is 304 g/mol. The minimum atomic E-state index is -0.389. The summed E-state index contributed by atoms with van der Waals surface area (Å²) in [4.78, 5) is 16.3. The van der Waals surface area contributed by atoms with E-state index in [2.05, 4.69) is 15.4 Å². The molecule has 1 aliphatic heterocycles. The van der Waals surface area contributed by atoms with Gasteiger partial charge in [-0.15, -0.1) is 0 Å². The van der Waals surface area contributed by atoms with Crippen molar-refractivity contribution in [2.45, 2.75) is 13.0 Å². The summed E-state index contributed by atoms with van der Waals surface area (Å²) in [7, 11) is 0. The van der Waals surface area contributed by atoms with Crippen LogP contribution in [0.15, 0.2) is 42.4 Å². The van der Waals surface area contributed by atoms with E-state index in [1.54, 1.807) is 29.9 Å². The van der Waals surface area contributed by atoms with E-state index in [1.165, 1.54) is 6.33 Å². The summed E-state index contributed by atoms with van der Waals surface area (Å²) < 4.78 is 6.76. The van der Waals surface area contributed by atoms with Gasteiger partial charge in [-0.25, -0.2) is 9.48 Å². The Balaban J connectivity index is 2.05. The average Bonchev–Trinajstić information content (AvgIpc) is 2.96. The highest BCUT2D eigenvalue weighted by Crippen LogP contribution is 2.32. The lowest BCUT2D eigenvalue weighted by Crippen LogP contribution is -2.27. The van der Waals surface area contributed by atoms with Gasteiger partial charge in [0.2, 0.25) is 5.95 Å². The number of ether oxygens (including phenoxy) is 1. The second-order valence-electron chi connectivity index (χ2n) is 4.45. The third-order valence-electron chi connectivity index (χ3n) is 3.17. The Morgan fingerprint density at radius 1 is 1.43 bits per heavy atom. The smallest absolute Gasteiger partial charge is 0.338 e. The number of halogens is 1. The SMILES string of the molecule is CCOC(=O)C1=CNc2ncnn2[C@H]1c1ccc(Cl)cc1. The van der Waals surface area contributed by atoms with Crippen LogP contribution in [0.25, 0.3) is 0 Å². The molecule has 0 radical (unpaired) electrons. The van der Waals surface area contributed by atoms with Gasteiger partial charge in [0, 0.05) is 11.2 Å². The van der Waals surface area contributed by atoms with Gasteiger partial charge in [-0.05, 0) is 24.6 Å². The second-order valence-corrected chi connectivity index (χ2v) is 4.88. The summed E-state index contributed by atoms with van der Waals surface area (Å²) in [6, 6.07) is 6.88. The van der Waals surface area contributed by atoms with Crippen LogP contribution in [0.4, 0.5) is 5.95 Å². The Labute approximate surface area is 126 Å². The quantitative estimate of drug-likeness (QED) is 0.882. The molecule has 2 aromatic rings. The van der Waals surface area contributed by atoms with Gasteiger partial charge in [0.25, 0.3) is 0 Å². The summed E-state index contributed by atoms with van der Waals surface area (Å²) in [6.45, 7) is 2.08. The number of hydrogen-bond donors (Lipinski definition) is 1. The van der Waals surface area contributed by atoms with Crippen LogP contribution >= 0.6 is 11.6 Å². The number of fused-ring (bicyclic) bond motifs is 1. The van der Waals surface area contributed by atoms with Crippen molar-refractivity contribution in [2.75, 3.05) is 11.9 Å². The van der Waals surface area contributed by atoms with Crippen molar-refractivity contribution in [1.82, 2.24) is 14.8 Å². The predicted molar refractivity (Wildman–Crippen MR) is 78.0 cm³/mol. The fourth-order valence-corrected chi connectivity index (χ4v) is 2.37. The Morgan fingerprint density at radius 2 is 2.19 bits per heavy atom. The molecule has 0 saturated carbocycles. The molecule has 3 rings (SSSR count). The standard InChI is InChI=1S/C14H13ClN4O2/c1-2-21-13(20)11-7-16-14-17-8-18-19(14)12(11)9-3-5-10(15)6-4-9/h3-8,12H,2H2,1H3,(H,16,17,18)/t12-/m0/s1. The van der Waals surface area contributed by atoms with E-state index < -0.39 is 0 Å². The summed E-state index contributed by atoms with van der Waals surface area (Å²) in [5.74, 6) is 0.189. The molecule has 6 nitrogen and oxygen atoms in total. The Kier molecular flexibility index (Phi) is 3.62. The van der Waals surface area contributed by atoms with Gasteiger partial charge in [0.1, 0.15) is 12.4 Å². The van der Waals surface area contributed by atoms with Gasteiger partial charge < -0.3 is 10.1 Å². The van der Waals surface area contributed by atoms with Gasteiger partial charge in [0.05, 0.1) is 12.2 Å². The van der Waals surface area contributed by atoms with E-state index in [4.69, 9.17) is 16.3 Å². The first-order valence-electron chi connectivity index (χ1n) is 6.49. The van der Waals surface area contributed by atoms with Crippen molar-refractivity contribution < 1.29 is 9.53 Å². The summed E-state index contributed by atoms with van der Waals surface area (Å²) in [5.41, 5.74) is 1.35. The molecule has 0 bridgehead atoms. The molecule has 1 aromatic heterocycles. The molecule has 0 aliphatic carbocycles. The van der Waals surface area contributed by atoms with Crippen molar-refractivity contribution in [3.05, 3.63) is 53.0 Å². The lowest BCUT2D eigenvalue weighted by Gasteiger charge is -2.25. The van der Waals surface area contributed by atoms with Crippen molar-refractivity contribution in [3.8, 4) is 0 Å². The van der Waals surface area contributed by atoms with E-state index >= 15 is 0 Å². The van der Waals surface area contributed by atoms with E-state index in [0.717, 1.165) is 5.56 Å². The van der Waals surface area contributed by atoms with Crippen LogP contribution in [-0.4, -0.2) is 27.3 Å². The van der Waals surface area contributed by atoms with Gasteiger partial charge in [0.15, 0.2) is 0 Å². The Morgan fingerprint density at radius 3 is 2.90 bits per heavy atom. The summed E-state index contributed by atoms with van der Waals surface area (Å²) >= 11 is 5.93. The van der Waals surface area contributed by atoms with Crippen molar-refractivity contribution in [3.63, 3.8) is 0 Å². The first-order valence-corrected chi connectivity index (χ1v) is 6.87. The lowest BCUT2D eigenvalue weighted by molar-refractivity contribution is -0.139. The molecule has 0 unspecified atom stereocenters. The number of aromatic nitrogens is 3. The highest BCUT2D eigenvalue weighted by atomic mass is 35.5. The molecular weight excluding hydrogens is 292 g/mol.